The van der Waals surface area contributed by atoms with Gasteiger partial charge in [0, 0.05) is 0 Å². The summed E-state index contributed by atoms with van der Waals surface area (Å²) in [6.45, 7) is 1.66. The Bertz CT molecular complexity index is 706. The predicted molar refractivity (Wildman–Crippen MR) is 80.0 cm³/mol. The topological polar surface area (TPSA) is 55.8 Å². The monoisotopic (exact) mass is 297 g/mol. The van der Waals surface area contributed by atoms with Gasteiger partial charge in [0.15, 0.2) is 17.7 Å². The van der Waals surface area contributed by atoms with Crippen LogP contribution in [0.2, 0.25) is 0 Å². The van der Waals surface area contributed by atoms with Crippen molar-refractivity contribution in [2.75, 3.05) is 7.11 Å². The smallest absolute Gasteiger partial charge is 0.264 e. The summed E-state index contributed by atoms with van der Waals surface area (Å²) in [6.07, 6.45) is -0.733. The second kappa shape index (κ2) is 5.52. The summed E-state index contributed by atoms with van der Waals surface area (Å²) >= 11 is 0. The summed E-state index contributed by atoms with van der Waals surface area (Å²) in [6, 6.07) is 13.9. The summed E-state index contributed by atoms with van der Waals surface area (Å²) in [4.78, 5) is 25.9. The van der Waals surface area contributed by atoms with Gasteiger partial charge in [-0.3, -0.25) is 9.59 Å². The van der Waals surface area contributed by atoms with Crippen LogP contribution in [0.4, 0.5) is 0 Å². The lowest BCUT2D eigenvalue weighted by atomic mass is 10.1. The van der Waals surface area contributed by atoms with E-state index in [-0.39, 0.29) is 11.8 Å². The van der Waals surface area contributed by atoms with Crippen molar-refractivity contribution < 1.29 is 19.1 Å². The molecular formula is C17H15NO4. The molecule has 112 valence electrons. The highest BCUT2D eigenvalue weighted by Gasteiger charge is 2.39. The zero-order valence-corrected chi connectivity index (χ0v) is 12.3. The quantitative estimate of drug-likeness (QED) is 0.814. The molecule has 0 N–H and O–H groups in total. The standard InChI is InChI=1S/C17H15NO4/c1-11(22-15-10-6-5-9-14(15)21-2)18-16(19)12-7-3-4-8-13(12)17(18)20/h3-11H,1-2H3. The maximum absolute atomic E-state index is 12.4. The first-order chi connectivity index (χ1) is 10.6. The van der Waals surface area contributed by atoms with Gasteiger partial charge < -0.3 is 9.47 Å². The Morgan fingerprint density at radius 1 is 0.864 bits per heavy atom. The van der Waals surface area contributed by atoms with Crippen LogP contribution >= 0.6 is 0 Å². The molecule has 0 aliphatic carbocycles. The normalized spacial score (nSPS) is 14.7. The maximum atomic E-state index is 12.4. The first kappa shape index (κ1) is 14.1. The zero-order valence-electron chi connectivity index (χ0n) is 12.3. The first-order valence-electron chi connectivity index (χ1n) is 6.90. The van der Waals surface area contributed by atoms with Gasteiger partial charge in [0.25, 0.3) is 11.8 Å². The van der Waals surface area contributed by atoms with E-state index >= 15 is 0 Å². The maximum Gasteiger partial charge on any atom is 0.264 e. The van der Waals surface area contributed by atoms with E-state index < -0.39 is 6.23 Å². The van der Waals surface area contributed by atoms with E-state index in [4.69, 9.17) is 9.47 Å². The molecule has 22 heavy (non-hydrogen) atoms. The Balaban J connectivity index is 1.86. The molecule has 1 unspecified atom stereocenters. The van der Waals surface area contributed by atoms with E-state index in [0.717, 1.165) is 4.90 Å². The summed E-state index contributed by atoms with van der Waals surface area (Å²) in [7, 11) is 1.54. The number of rotatable bonds is 4. The second-order valence-electron chi connectivity index (χ2n) is 4.89. The molecule has 5 nitrogen and oxygen atoms in total. The van der Waals surface area contributed by atoms with Gasteiger partial charge in [-0.15, -0.1) is 0 Å². The van der Waals surface area contributed by atoms with Crippen LogP contribution in [0.15, 0.2) is 48.5 Å². The Morgan fingerprint density at radius 2 is 1.36 bits per heavy atom. The number of ether oxygens (including phenoxy) is 2. The van der Waals surface area contributed by atoms with Crippen LogP contribution in [0, 0.1) is 0 Å². The van der Waals surface area contributed by atoms with Crippen LogP contribution in [-0.2, 0) is 0 Å². The van der Waals surface area contributed by atoms with Crippen molar-refractivity contribution in [2.24, 2.45) is 0 Å². The SMILES string of the molecule is COc1ccccc1OC(C)N1C(=O)c2ccccc2C1=O. The second-order valence-corrected chi connectivity index (χ2v) is 4.89. The van der Waals surface area contributed by atoms with Gasteiger partial charge in [0.2, 0.25) is 0 Å². The Hall–Kier alpha value is -2.82. The van der Waals surface area contributed by atoms with Gasteiger partial charge in [0.05, 0.1) is 18.2 Å². The number of hydrogen-bond acceptors (Lipinski definition) is 4. The fourth-order valence-electron chi connectivity index (χ4n) is 2.49. The van der Waals surface area contributed by atoms with E-state index in [2.05, 4.69) is 0 Å². The van der Waals surface area contributed by atoms with Gasteiger partial charge in [-0.2, -0.15) is 0 Å². The lowest BCUT2D eigenvalue weighted by Gasteiger charge is -2.24. The third-order valence-electron chi connectivity index (χ3n) is 3.56. The highest BCUT2D eigenvalue weighted by molar-refractivity contribution is 6.21. The van der Waals surface area contributed by atoms with Crippen LogP contribution in [0.3, 0.4) is 0 Å². The van der Waals surface area contributed by atoms with E-state index in [1.54, 1.807) is 49.4 Å². The van der Waals surface area contributed by atoms with Crippen molar-refractivity contribution in [3.05, 3.63) is 59.7 Å². The molecule has 2 amide bonds. The van der Waals surface area contributed by atoms with Gasteiger partial charge in [0.1, 0.15) is 0 Å². The van der Waals surface area contributed by atoms with Crippen LogP contribution in [0.25, 0.3) is 0 Å². The van der Waals surface area contributed by atoms with Crippen molar-refractivity contribution in [1.29, 1.82) is 0 Å². The lowest BCUT2D eigenvalue weighted by Crippen LogP contribution is -2.41. The highest BCUT2D eigenvalue weighted by Crippen LogP contribution is 2.30. The number of hydrogen-bond donors (Lipinski definition) is 0. The van der Waals surface area contributed by atoms with Crippen molar-refractivity contribution in [3.63, 3.8) is 0 Å². The summed E-state index contributed by atoms with van der Waals surface area (Å²) < 4.78 is 11.0. The molecule has 0 spiro atoms. The zero-order chi connectivity index (χ0) is 15.7. The number of amides is 2. The molecule has 1 aliphatic heterocycles. The number of para-hydroxylation sites is 2. The Labute approximate surface area is 128 Å². The minimum absolute atomic E-state index is 0.344. The number of carbonyl (C=O) groups excluding carboxylic acids is 2. The average Bonchev–Trinajstić information content (AvgIpc) is 2.80. The van der Waals surface area contributed by atoms with E-state index in [0.29, 0.717) is 22.6 Å². The minimum Gasteiger partial charge on any atom is -0.493 e. The van der Waals surface area contributed by atoms with E-state index in [1.807, 2.05) is 6.07 Å². The van der Waals surface area contributed by atoms with E-state index in [9.17, 15) is 9.59 Å². The fourth-order valence-corrected chi connectivity index (χ4v) is 2.49. The number of carbonyl (C=O) groups is 2. The Kier molecular flexibility index (Phi) is 3.55. The molecule has 0 saturated carbocycles. The third-order valence-corrected chi connectivity index (χ3v) is 3.56. The highest BCUT2D eigenvalue weighted by atomic mass is 16.5. The molecule has 2 aromatic carbocycles. The molecule has 2 aromatic rings. The van der Waals surface area contributed by atoms with Crippen molar-refractivity contribution in [2.45, 2.75) is 13.2 Å². The molecular weight excluding hydrogens is 282 g/mol. The van der Waals surface area contributed by atoms with Crippen LogP contribution < -0.4 is 9.47 Å². The molecule has 1 aliphatic rings. The summed E-state index contributed by atoms with van der Waals surface area (Å²) in [5.41, 5.74) is 0.811. The molecule has 5 heteroatoms. The summed E-state index contributed by atoms with van der Waals surface area (Å²) in [5, 5.41) is 0. The molecule has 1 atom stereocenters. The predicted octanol–water partition coefficient (Wildman–Crippen LogP) is 2.72. The molecule has 3 rings (SSSR count). The molecule has 0 bridgehead atoms. The number of benzene rings is 2. The lowest BCUT2D eigenvalue weighted by molar-refractivity contribution is 0.0290. The van der Waals surface area contributed by atoms with Gasteiger partial charge >= 0.3 is 0 Å². The number of methoxy groups -OCH3 is 1. The fraction of sp³-hybridized carbons (Fsp3) is 0.176. The summed E-state index contributed by atoms with van der Waals surface area (Å²) in [5.74, 6) is 0.339. The van der Waals surface area contributed by atoms with Gasteiger partial charge in [-0.25, -0.2) is 4.90 Å². The van der Waals surface area contributed by atoms with Gasteiger partial charge in [-0.1, -0.05) is 24.3 Å². The van der Waals surface area contributed by atoms with Crippen molar-refractivity contribution in [3.8, 4) is 11.5 Å². The Morgan fingerprint density at radius 3 is 1.91 bits per heavy atom. The molecule has 1 heterocycles. The van der Waals surface area contributed by atoms with Crippen LogP contribution in [0.5, 0.6) is 11.5 Å². The van der Waals surface area contributed by atoms with Crippen LogP contribution in [0.1, 0.15) is 27.6 Å². The third kappa shape index (κ3) is 2.20. The average molecular weight is 297 g/mol. The largest absolute Gasteiger partial charge is 0.493 e. The van der Waals surface area contributed by atoms with Crippen molar-refractivity contribution >= 4 is 11.8 Å². The van der Waals surface area contributed by atoms with E-state index in [1.165, 1.54) is 7.11 Å². The minimum atomic E-state index is -0.733. The van der Waals surface area contributed by atoms with Crippen molar-refractivity contribution in [1.82, 2.24) is 4.90 Å². The number of imide groups is 1. The molecule has 0 radical (unpaired) electrons. The van der Waals surface area contributed by atoms with Crippen LogP contribution in [-0.4, -0.2) is 30.1 Å². The molecule has 0 saturated heterocycles. The molecule has 0 aromatic heterocycles. The van der Waals surface area contributed by atoms with Gasteiger partial charge in [-0.05, 0) is 31.2 Å². The number of nitrogens with zero attached hydrogens (tertiary/aromatic N) is 1. The number of fused-ring (bicyclic) bond motifs is 1. The first-order valence-corrected chi connectivity index (χ1v) is 6.90. The molecule has 0 fully saturated rings.